The number of rotatable bonds is 6. The molecule has 0 aliphatic heterocycles. The fraction of sp³-hybridized carbons (Fsp3) is 0.320. The van der Waals surface area contributed by atoms with Gasteiger partial charge in [0.15, 0.2) is 0 Å². The smallest absolute Gasteiger partial charge is 0.126 e. The molecule has 1 aliphatic rings. The number of hydrogen-bond acceptors (Lipinski definition) is 4. The van der Waals surface area contributed by atoms with E-state index in [2.05, 4.69) is 21.0 Å². The predicted molar refractivity (Wildman–Crippen MR) is 125 cm³/mol. The van der Waals surface area contributed by atoms with Crippen molar-refractivity contribution in [2.24, 2.45) is 0 Å². The van der Waals surface area contributed by atoms with Gasteiger partial charge in [-0.15, -0.1) is 11.3 Å². The monoisotopic (exact) mass is 437 g/mol. The van der Waals surface area contributed by atoms with Gasteiger partial charge < -0.3 is 10.6 Å². The molecule has 2 aromatic heterocycles. The summed E-state index contributed by atoms with van der Waals surface area (Å²) in [5.74, 6) is 0.0999. The number of nitrogens with one attached hydrogen (secondary N) is 2. The van der Waals surface area contributed by atoms with Crippen LogP contribution in [0.5, 0.6) is 0 Å². The van der Waals surface area contributed by atoms with Crippen LogP contribution in [-0.4, -0.2) is 24.1 Å². The standard InChI is InChI=1S/C25H25F2N3S/c26-18-5-8-24-21(13-18)22(15-31-24)16-3-6-20(7-4-16)28-10-11-29-23-14-19(27)12-17-2-1-9-30-25(17)23/h1-2,5,8-9,12-16,20,28-29H,3-4,6-7,10-11H2. The van der Waals surface area contributed by atoms with Crippen LogP contribution < -0.4 is 10.6 Å². The summed E-state index contributed by atoms with van der Waals surface area (Å²) in [5.41, 5.74) is 2.84. The molecule has 0 atom stereocenters. The van der Waals surface area contributed by atoms with E-state index in [1.54, 1.807) is 29.7 Å². The number of benzene rings is 2. The first-order valence-corrected chi connectivity index (χ1v) is 11.7. The second-order valence-corrected chi connectivity index (χ2v) is 9.20. The Kier molecular flexibility index (Phi) is 5.83. The highest BCUT2D eigenvalue weighted by Crippen LogP contribution is 2.39. The van der Waals surface area contributed by atoms with Crippen LogP contribution in [0.3, 0.4) is 0 Å². The molecular formula is C25H25F2N3S. The topological polar surface area (TPSA) is 37.0 Å². The number of thiophene rings is 1. The van der Waals surface area contributed by atoms with Crippen molar-refractivity contribution in [1.82, 2.24) is 10.3 Å². The summed E-state index contributed by atoms with van der Waals surface area (Å²) in [6.45, 7) is 1.52. The zero-order valence-corrected chi connectivity index (χ0v) is 18.0. The van der Waals surface area contributed by atoms with Gasteiger partial charge in [-0.2, -0.15) is 0 Å². The van der Waals surface area contributed by atoms with E-state index in [-0.39, 0.29) is 11.6 Å². The molecule has 0 amide bonds. The number of aromatic nitrogens is 1. The molecule has 5 rings (SSSR count). The van der Waals surface area contributed by atoms with Gasteiger partial charge in [0, 0.05) is 35.4 Å². The molecule has 0 bridgehead atoms. The lowest BCUT2D eigenvalue weighted by Gasteiger charge is -2.29. The number of nitrogens with zero attached hydrogens (tertiary/aromatic N) is 1. The van der Waals surface area contributed by atoms with E-state index >= 15 is 0 Å². The van der Waals surface area contributed by atoms with Crippen molar-refractivity contribution in [2.45, 2.75) is 37.6 Å². The van der Waals surface area contributed by atoms with Crippen molar-refractivity contribution in [3.05, 3.63) is 71.2 Å². The molecule has 1 fully saturated rings. The minimum Gasteiger partial charge on any atom is -0.382 e. The van der Waals surface area contributed by atoms with E-state index in [0.29, 0.717) is 18.5 Å². The van der Waals surface area contributed by atoms with E-state index in [4.69, 9.17) is 0 Å². The minimum absolute atomic E-state index is 0.156. The van der Waals surface area contributed by atoms with Gasteiger partial charge in [0.2, 0.25) is 0 Å². The van der Waals surface area contributed by atoms with Crippen LogP contribution in [0.15, 0.2) is 54.0 Å². The predicted octanol–water partition coefficient (Wildman–Crippen LogP) is 6.46. The molecule has 6 heteroatoms. The molecule has 1 saturated carbocycles. The van der Waals surface area contributed by atoms with Crippen LogP contribution in [-0.2, 0) is 0 Å². The fourth-order valence-corrected chi connectivity index (χ4v) is 5.73. The summed E-state index contributed by atoms with van der Waals surface area (Å²) in [5, 5.41) is 11.1. The highest BCUT2D eigenvalue weighted by atomic mass is 32.1. The quantitative estimate of drug-likeness (QED) is 0.340. The second kappa shape index (κ2) is 8.89. The Balaban J connectivity index is 1.13. The van der Waals surface area contributed by atoms with Crippen LogP contribution >= 0.6 is 11.3 Å². The van der Waals surface area contributed by atoms with Gasteiger partial charge in [-0.1, -0.05) is 6.07 Å². The Bertz CT molecular complexity index is 1200. The Morgan fingerprint density at radius 2 is 1.84 bits per heavy atom. The van der Waals surface area contributed by atoms with Crippen molar-refractivity contribution in [1.29, 1.82) is 0 Å². The molecule has 31 heavy (non-hydrogen) atoms. The van der Waals surface area contributed by atoms with Crippen molar-refractivity contribution in [2.75, 3.05) is 18.4 Å². The van der Waals surface area contributed by atoms with Crippen LogP contribution in [0.4, 0.5) is 14.5 Å². The fourth-order valence-electron chi connectivity index (χ4n) is 4.71. The molecular weight excluding hydrogens is 412 g/mol. The first-order chi connectivity index (χ1) is 15.2. The van der Waals surface area contributed by atoms with Gasteiger partial charge in [-0.3, -0.25) is 4.98 Å². The summed E-state index contributed by atoms with van der Waals surface area (Å²) < 4.78 is 28.7. The SMILES string of the molecule is Fc1cc(NCCNC2CCC(c3csc4ccc(F)cc34)CC2)c2ncccc2c1. The third-order valence-electron chi connectivity index (χ3n) is 6.28. The number of fused-ring (bicyclic) bond motifs is 2. The summed E-state index contributed by atoms with van der Waals surface area (Å²) in [6, 6.07) is 12.3. The summed E-state index contributed by atoms with van der Waals surface area (Å²) in [4.78, 5) is 4.38. The van der Waals surface area contributed by atoms with E-state index in [0.717, 1.165) is 54.2 Å². The Labute approximate surface area is 184 Å². The minimum atomic E-state index is -0.255. The van der Waals surface area contributed by atoms with Crippen molar-refractivity contribution < 1.29 is 8.78 Å². The largest absolute Gasteiger partial charge is 0.382 e. The molecule has 4 aromatic rings. The lowest BCUT2D eigenvalue weighted by Crippen LogP contribution is -2.35. The average Bonchev–Trinajstić information content (AvgIpc) is 3.20. The third kappa shape index (κ3) is 4.41. The van der Waals surface area contributed by atoms with E-state index in [1.165, 1.54) is 22.4 Å². The van der Waals surface area contributed by atoms with Crippen molar-refractivity contribution >= 4 is 38.0 Å². The Hall–Kier alpha value is -2.57. The Morgan fingerprint density at radius 3 is 2.71 bits per heavy atom. The van der Waals surface area contributed by atoms with Gasteiger partial charge in [0.05, 0.1) is 11.2 Å². The Morgan fingerprint density at radius 1 is 0.968 bits per heavy atom. The molecule has 0 unspecified atom stereocenters. The number of hydrogen-bond donors (Lipinski definition) is 2. The first kappa shape index (κ1) is 20.3. The summed E-state index contributed by atoms with van der Waals surface area (Å²) in [6.07, 6.45) is 6.19. The van der Waals surface area contributed by atoms with Crippen molar-refractivity contribution in [3.8, 4) is 0 Å². The van der Waals surface area contributed by atoms with Gasteiger partial charge in [-0.25, -0.2) is 8.78 Å². The summed E-state index contributed by atoms with van der Waals surface area (Å²) >= 11 is 1.71. The molecule has 0 spiro atoms. The maximum atomic E-state index is 13.9. The third-order valence-corrected chi connectivity index (χ3v) is 7.26. The van der Waals surface area contributed by atoms with Gasteiger partial charge in [-0.05, 0) is 84.3 Å². The highest BCUT2D eigenvalue weighted by Gasteiger charge is 2.24. The van der Waals surface area contributed by atoms with E-state index in [9.17, 15) is 8.78 Å². The molecule has 1 aliphatic carbocycles. The number of halogens is 2. The molecule has 2 heterocycles. The highest BCUT2D eigenvalue weighted by molar-refractivity contribution is 7.17. The lowest BCUT2D eigenvalue weighted by molar-refractivity contribution is 0.348. The molecule has 2 N–H and O–H groups in total. The van der Waals surface area contributed by atoms with E-state index < -0.39 is 0 Å². The molecule has 0 saturated heterocycles. The number of pyridine rings is 1. The van der Waals surface area contributed by atoms with Gasteiger partial charge >= 0.3 is 0 Å². The number of anilines is 1. The first-order valence-electron chi connectivity index (χ1n) is 10.9. The maximum absolute atomic E-state index is 13.9. The molecule has 3 nitrogen and oxygen atoms in total. The molecule has 0 radical (unpaired) electrons. The van der Waals surface area contributed by atoms with Gasteiger partial charge in [0.1, 0.15) is 11.6 Å². The van der Waals surface area contributed by atoms with Crippen LogP contribution in [0.25, 0.3) is 21.0 Å². The second-order valence-electron chi connectivity index (χ2n) is 8.29. The van der Waals surface area contributed by atoms with Crippen LogP contribution in [0.1, 0.15) is 37.2 Å². The average molecular weight is 438 g/mol. The molecule has 160 valence electrons. The zero-order chi connectivity index (χ0) is 21.2. The lowest BCUT2D eigenvalue weighted by atomic mass is 9.81. The van der Waals surface area contributed by atoms with Gasteiger partial charge in [0.25, 0.3) is 0 Å². The summed E-state index contributed by atoms with van der Waals surface area (Å²) in [7, 11) is 0. The molecule has 2 aromatic carbocycles. The normalized spacial score (nSPS) is 19.2. The van der Waals surface area contributed by atoms with Crippen LogP contribution in [0, 0.1) is 11.6 Å². The van der Waals surface area contributed by atoms with E-state index in [1.807, 2.05) is 18.2 Å². The maximum Gasteiger partial charge on any atom is 0.126 e. The zero-order valence-electron chi connectivity index (χ0n) is 17.2. The van der Waals surface area contributed by atoms with Crippen LogP contribution in [0.2, 0.25) is 0 Å². The van der Waals surface area contributed by atoms with Crippen molar-refractivity contribution in [3.63, 3.8) is 0 Å².